The van der Waals surface area contributed by atoms with Crippen LogP contribution in [-0.4, -0.2) is 29.0 Å². The predicted molar refractivity (Wildman–Crippen MR) is 96.6 cm³/mol. The van der Waals surface area contributed by atoms with Gasteiger partial charge in [0.15, 0.2) is 0 Å². The van der Waals surface area contributed by atoms with Gasteiger partial charge in [-0.3, -0.25) is 0 Å². The third-order valence-corrected chi connectivity index (χ3v) is 15.1. The molecule has 0 nitrogen and oxygen atoms in total. The molecule has 0 N–H and O–H groups in total. The molecule has 1 aromatic rings. The van der Waals surface area contributed by atoms with E-state index in [0.29, 0.717) is 0 Å². The van der Waals surface area contributed by atoms with E-state index in [1.165, 1.54) is 36.6 Å². The topological polar surface area (TPSA) is 0 Å². The number of allylic oxidation sites excluding steroid dienone is 1. The molecule has 112 valence electrons. The molecule has 20 heavy (non-hydrogen) atoms. The monoisotopic (exact) mass is 404 g/mol. The second-order valence-corrected chi connectivity index (χ2v) is 14.6. The third kappa shape index (κ3) is 5.76. The molecule has 0 spiro atoms. The van der Waals surface area contributed by atoms with Crippen LogP contribution in [0.4, 0.5) is 0 Å². The molecule has 0 amide bonds. The van der Waals surface area contributed by atoms with Gasteiger partial charge in [0, 0.05) is 0 Å². The molecule has 0 bridgehead atoms. The quantitative estimate of drug-likeness (QED) is 0.397. The zero-order valence-corrected chi connectivity index (χ0v) is 16.9. The molecule has 0 heterocycles. The van der Waals surface area contributed by atoms with Crippen molar-refractivity contribution in [1.29, 1.82) is 0 Å². The molecular formula is C18H30SiTe. The van der Waals surface area contributed by atoms with Gasteiger partial charge in [0.1, 0.15) is 0 Å². The van der Waals surface area contributed by atoms with E-state index in [2.05, 4.69) is 63.3 Å². The number of rotatable bonds is 9. The van der Waals surface area contributed by atoms with Gasteiger partial charge < -0.3 is 0 Å². The van der Waals surface area contributed by atoms with Crippen LogP contribution < -0.4 is 5.19 Å². The van der Waals surface area contributed by atoms with E-state index in [9.17, 15) is 0 Å². The van der Waals surface area contributed by atoms with Crippen molar-refractivity contribution in [2.75, 3.05) is 0 Å². The van der Waals surface area contributed by atoms with Crippen LogP contribution >= 0.6 is 0 Å². The van der Waals surface area contributed by atoms with Gasteiger partial charge in [-0.05, 0) is 0 Å². The molecule has 2 heteroatoms. The fourth-order valence-electron chi connectivity index (χ4n) is 2.26. The van der Waals surface area contributed by atoms with Crippen molar-refractivity contribution in [2.45, 2.75) is 63.5 Å². The Bertz CT molecular complexity index is 395. The van der Waals surface area contributed by atoms with E-state index in [1.807, 2.05) is 3.24 Å². The van der Waals surface area contributed by atoms with E-state index < -0.39 is 8.07 Å². The predicted octanol–water partition coefficient (Wildman–Crippen LogP) is 5.14. The summed E-state index contributed by atoms with van der Waals surface area (Å²) in [5.41, 5.74) is 0. The van der Waals surface area contributed by atoms with Crippen LogP contribution in [0.3, 0.4) is 0 Å². The van der Waals surface area contributed by atoms with Crippen molar-refractivity contribution >= 4 is 34.2 Å². The summed E-state index contributed by atoms with van der Waals surface area (Å²) in [6, 6.07) is 11.3. The maximum absolute atomic E-state index is 2.64. The Balaban J connectivity index is 2.86. The summed E-state index contributed by atoms with van der Waals surface area (Å²) in [7, 11) is -1.39. The van der Waals surface area contributed by atoms with E-state index in [1.54, 1.807) is 5.19 Å². The van der Waals surface area contributed by atoms with Crippen molar-refractivity contribution < 1.29 is 0 Å². The first-order valence-corrected chi connectivity index (χ1v) is 13.8. The Kier molecular flexibility index (Phi) is 8.85. The summed E-state index contributed by atoms with van der Waals surface area (Å²) in [6.07, 6.45) is 9.37. The molecule has 0 aromatic heterocycles. The molecule has 0 fully saturated rings. The molecule has 1 aromatic carbocycles. The van der Waals surface area contributed by atoms with Gasteiger partial charge in [-0.2, -0.15) is 0 Å². The second kappa shape index (κ2) is 9.82. The standard InChI is InChI=1S/C18H30SiTe/c1-5-7-10-15-18(20-16-8-6-2)19(3,4)17-13-11-9-12-14-17/h9,11-15H,5-8,10,16H2,1-4H3/b18-15+. The third-order valence-electron chi connectivity index (χ3n) is 3.75. The van der Waals surface area contributed by atoms with Gasteiger partial charge in [0.05, 0.1) is 0 Å². The number of benzene rings is 1. The summed E-state index contributed by atoms with van der Waals surface area (Å²) < 4.78 is 3.39. The Labute approximate surface area is 137 Å². The summed E-state index contributed by atoms with van der Waals surface area (Å²) in [5, 5.41) is 1.62. The molecule has 0 aliphatic carbocycles. The molecule has 0 atom stereocenters. The van der Waals surface area contributed by atoms with Crippen LogP contribution in [0.15, 0.2) is 39.7 Å². The molecule has 1 rings (SSSR count). The van der Waals surface area contributed by atoms with Gasteiger partial charge in [-0.25, -0.2) is 0 Å². The van der Waals surface area contributed by atoms with Gasteiger partial charge in [-0.15, -0.1) is 0 Å². The molecular weight excluding hydrogens is 372 g/mol. The maximum atomic E-state index is 2.64. The van der Waals surface area contributed by atoms with Gasteiger partial charge >= 0.3 is 137 Å². The Hall–Kier alpha value is -0.0335. The molecule has 0 radical (unpaired) electrons. The first kappa shape index (κ1) is 18.0. The Morgan fingerprint density at radius 3 is 2.30 bits per heavy atom. The first-order valence-electron chi connectivity index (χ1n) is 8.01. The zero-order valence-electron chi connectivity index (χ0n) is 13.6. The van der Waals surface area contributed by atoms with Crippen LogP contribution in [0, 0.1) is 0 Å². The average Bonchev–Trinajstić information content (AvgIpc) is 2.47. The van der Waals surface area contributed by atoms with Crippen molar-refractivity contribution in [2.24, 2.45) is 0 Å². The van der Waals surface area contributed by atoms with E-state index in [-0.39, 0.29) is 20.9 Å². The van der Waals surface area contributed by atoms with E-state index in [4.69, 9.17) is 0 Å². The molecule has 0 aliphatic rings. The van der Waals surface area contributed by atoms with Crippen molar-refractivity contribution in [3.05, 3.63) is 39.7 Å². The Morgan fingerprint density at radius 2 is 1.70 bits per heavy atom. The van der Waals surface area contributed by atoms with Gasteiger partial charge in [-0.1, -0.05) is 0 Å². The van der Waals surface area contributed by atoms with Crippen LogP contribution in [0.25, 0.3) is 0 Å². The fourth-order valence-corrected chi connectivity index (χ4v) is 11.9. The SMILES string of the molecule is CCCC/C=C(/[Te]CCCC)[Si](C)(C)c1ccccc1. The Morgan fingerprint density at radius 1 is 1.05 bits per heavy atom. The summed E-state index contributed by atoms with van der Waals surface area (Å²) in [4.78, 5) is 0. The molecule has 0 saturated carbocycles. The van der Waals surface area contributed by atoms with Crippen LogP contribution in [0.2, 0.25) is 17.6 Å². The van der Waals surface area contributed by atoms with E-state index >= 15 is 0 Å². The average molecular weight is 402 g/mol. The molecule has 0 aliphatic heterocycles. The zero-order chi connectivity index (χ0) is 14.8. The number of hydrogen-bond donors (Lipinski definition) is 0. The van der Waals surface area contributed by atoms with Crippen molar-refractivity contribution in [3.8, 4) is 0 Å². The van der Waals surface area contributed by atoms with Gasteiger partial charge in [0.25, 0.3) is 0 Å². The van der Waals surface area contributed by atoms with E-state index in [0.717, 1.165) is 0 Å². The minimum absolute atomic E-state index is 0.0476. The van der Waals surface area contributed by atoms with Crippen LogP contribution in [-0.2, 0) is 0 Å². The molecule has 0 unspecified atom stereocenters. The second-order valence-electron chi connectivity index (χ2n) is 5.90. The van der Waals surface area contributed by atoms with Crippen molar-refractivity contribution in [1.82, 2.24) is 0 Å². The first-order chi connectivity index (χ1) is 9.62. The number of unbranched alkanes of at least 4 members (excludes halogenated alkanes) is 3. The molecule has 0 saturated heterocycles. The van der Waals surface area contributed by atoms with Crippen LogP contribution in [0.1, 0.15) is 46.0 Å². The summed E-state index contributed by atoms with van der Waals surface area (Å²) >= 11 is 0.0476. The van der Waals surface area contributed by atoms with Crippen LogP contribution in [0.5, 0.6) is 0 Å². The van der Waals surface area contributed by atoms with Crippen molar-refractivity contribution in [3.63, 3.8) is 0 Å². The normalized spacial score (nSPS) is 12.7. The summed E-state index contributed by atoms with van der Waals surface area (Å²) in [5.74, 6) is 0. The number of hydrogen-bond acceptors (Lipinski definition) is 0. The van der Waals surface area contributed by atoms with Gasteiger partial charge in [0.2, 0.25) is 0 Å². The minimum atomic E-state index is -1.39. The fraction of sp³-hybridized carbons (Fsp3) is 0.556. The summed E-state index contributed by atoms with van der Waals surface area (Å²) in [6.45, 7) is 9.71.